The van der Waals surface area contributed by atoms with Crippen LogP contribution in [-0.2, 0) is 0 Å². The number of aryl methyl sites for hydroxylation is 1. The lowest BCUT2D eigenvalue weighted by Gasteiger charge is -2.19. The van der Waals surface area contributed by atoms with Gasteiger partial charge in [-0.15, -0.1) is 0 Å². The van der Waals surface area contributed by atoms with Gasteiger partial charge in [-0.3, -0.25) is 9.59 Å². The molecule has 0 radical (unpaired) electrons. The van der Waals surface area contributed by atoms with Gasteiger partial charge < -0.3 is 14.3 Å². The van der Waals surface area contributed by atoms with Crippen LogP contribution >= 0.6 is 0 Å². The molecule has 0 spiro atoms. The van der Waals surface area contributed by atoms with Crippen molar-refractivity contribution in [1.29, 1.82) is 0 Å². The van der Waals surface area contributed by atoms with Crippen LogP contribution in [0.1, 0.15) is 37.6 Å². The third-order valence-corrected chi connectivity index (χ3v) is 4.24. The highest BCUT2D eigenvalue weighted by atomic mass is 16.6. The van der Waals surface area contributed by atoms with Crippen molar-refractivity contribution in [1.82, 2.24) is 0 Å². The Balaban J connectivity index is 2.09. The molecule has 6 heteroatoms. The van der Waals surface area contributed by atoms with Crippen LogP contribution in [0.25, 0.3) is 10.8 Å². The molecular weight excluding hydrogens is 324 g/mol. The molecule has 1 heterocycles. The van der Waals surface area contributed by atoms with E-state index in [1.807, 2.05) is 6.92 Å². The molecule has 0 unspecified atom stereocenters. The maximum Gasteiger partial charge on any atom is 0.344 e. The number of hydrogen-bond donors (Lipinski definition) is 1. The Labute approximate surface area is 141 Å². The van der Waals surface area contributed by atoms with Crippen molar-refractivity contribution in [2.45, 2.75) is 6.92 Å². The summed E-state index contributed by atoms with van der Waals surface area (Å²) in [6.45, 7) is 1.17. The number of aliphatic hydroxyl groups is 1. The summed E-state index contributed by atoms with van der Waals surface area (Å²) in [7, 11) is 0. The third kappa shape index (κ3) is 2.11. The highest BCUT2D eigenvalue weighted by molar-refractivity contribution is 6.31. The van der Waals surface area contributed by atoms with Gasteiger partial charge in [0.1, 0.15) is 5.75 Å². The molecule has 1 aromatic heterocycles. The van der Waals surface area contributed by atoms with Crippen molar-refractivity contribution in [3.63, 3.8) is 0 Å². The second-order valence-electron chi connectivity index (χ2n) is 5.75. The van der Waals surface area contributed by atoms with E-state index in [-0.39, 0.29) is 33.6 Å². The molecule has 3 aromatic rings. The Morgan fingerprint density at radius 2 is 1.80 bits per heavy atom. The number of ether oxygens (including phenoxy) is 1. The van der Waals surface area contributed by atoms with Gasteiger partial charge in [0.2, 0.25) is 5.78 Å². The van der Waals surface area contributed by atoms with E-state index >= 15 is 0 Å². The molecule has 0 saturated carbocycles. The van der Waals surface area contributed by atoms with Gasteiger partial charge in [-0.2, -0.15) is 0 Å². The molecule has 0 aliphatic heterocycles. The summed E-state index contributed by atoms with van der Waals surface area (Å²) >= 11 is 0. The first-order valence-corrected chi connectivity index (χ1v) is 7.56. The topological polar surface area (TPSA) is 93.8 Å². The van der Waals surface area contributed by atoms with Crippen molar-refractivity contribution >= 4 is 22.3 Å². The minimum Gasteiger partial charge on any atom is -0.467 e. The fourth-order valence-corrected chi connectivity index (χ4v) is 3.14. The van der Waals surface area contributed by atoms with Gasteiger partial charge in [0.05, 0.1) is 16.5 Å². The first kappa shape index (κ1) is 15.3. The van der Waals surface area contributed by atoms with Crippen LogP contribution in [0.3, 0.4) is 0 Å². The van der Waals surface area contributed by atoms with E-state index in [0.717, 1.165) is 5.56 Å². The first-order valence-electron chi connectivity index (χ1n) is 7.56. The molecule has 1 N–H and O–H groups in total. The van der Waals surface area contributed by atoms with Crippen molar-refractivity contribution in [3.8, 4) is 5.75 Å². The lowest BCUT2D eigenvalue weighted by molar-refractivity contribution is 0.0894. The van der Waals surface area contributed by atoms with Gasteiger partial charge >= 0.3 is 5.63 Å². The van der Waals surface area contributed by atoms with Crippen molar-refractivity contribution in [2.75, 3.05) is 6.79 Å². The molecule has 0 saturated heterocycles. The molecule has 1 aliphatic rings. The fraction of sp³-hybridized carbons (Fsp3) is 0.105. The van der Waals surface area contributed by atoms with E-state index in [2.05, 4.69) is 0 Å². The zero-order chi connectivity index (χ0) is 17.7. The lowest BCUT2D eigenvalue weighted by atomic mass is 9.85. The van der Waals surface area contributed by atoms with Crippen LogP contribution in [0.2, 0.25) is 0 Å². The molecule has 6 nitrogen and oxygen atoms in total. The Morgan fingerprint density at radius 1 is 1.00 bits per heavy atom. The van der Waals surface area contributed by atoms with Gasteiger partial charge in [-0.1, -0.05) is 29.8 Å². The predicted molar refractivity (Wildman–Crippen MR) is 88.2 cm³/mol. The van der Waals surface area contributed by atoms with Crippen LogP contribution in [-0.4, -0.2) is 23.5 Å². The van der Waals surface area contributed by atoms with E-state index in [9.17, 15) is 14.4 Å². The Hall–Kier alpha value is -3.25. The summed E-state index contributed by atoms with van der Waals surface area (Å²) in [6.07, 6.45) is 0. The van der Waals surface area contributed by atoms with E-state index in [0.29, 0.717) is 5.39 Å². The molecule has 0 amide bonds. The molecule has 4 rings (SSSR count). The van der Waals surface area contributed by atoms with Crippen molar-refractivity contribution in [2.24, 2.45) is 0 Å². The SMILES string of the molecule is Cc1ccc2c3c(oc(=O)c2c1)C(=O)c1c(OCO)cccc1C3=O. The third-order valence-electron chi connectivity index (χ3n) is 4.24. The second-order valence-corrected chi connectivity index (χ2v) is 5.75. The molecule has 2 aromatic carbocycles. The highest BCUT2D eigenvalue weighted by Gasteiger charge is 2.36. The molecular formula is C19H12O6. The van der Waals surface area contributed by atoms with Crippen LogP contribution in [0.15, 0.2) is 45.6 Å². The number of carbonyl (C=O) groups is 2. The van der Waals surface area contributed by atoms with Crippen LogP contribution in [0.5, 0.6) is 5.75 Å². The lowest BCUT2D eigenvalue weighted by Crippen LogP contribution is -2.24. The number of ketones is 2. The molecule has 124 valence electrons. The number of hydrogen-bond acceptors (Lipinski definition) is 6. The zero-order valence-electron chi connectivity index (χ0n) is 13.2. The van der Waals surface area contributed by atoms with E-state index in [4.69, 9.17) is 14.3 Å². The van der Waals surface area contributed by atoms with Crippen LogP contribution in [0.4, 0.5) is 0 Å². The van der Waals surface area contributed by atoms with E-state index in [1.165, 1.54) is 12.1 Å². The maximum absolute atomic E-state index is 13.0. The molecule has 0 bridgehead atoms. The summed E-state index contributed by atoms with van der Waals surface area (Å²) in [5.41, 5.74) is 0.382. The maximum atomic E-state index is 13.0. The first-order chi connectivity index (χ1) is 12.0. The van der Waals surface area contributed by atoms with Crippen molar-refractivity contribution in [3.05, 3.63) is 74.8 Å². The van der Waals surface area contributed by atoms with Gasteiger partial charge in [-0.05, 0) is 19.1 Å². The molecule has 0 atom stereocenters. The average molecular weight is 336 g/mol. The standard InChI is InChI=1S/C19H12O6/c1-9-5-6-10-12(7-9)19(23)25-18-15(10)16(21)11-3-2-4-13(24-8-20)14(11)17(18)22/h2-7,20H,8H2,1H3. The Bertz CT molecular complexity index is 1120. The molecule has 1 aliphatic carbocycles. The normalized spacial score (nSPS) is 12.9. The summed E-state index contributed by atoms with van der Waals surface area (Å²) in [5, 5.41) is 9.63. The smallest absolute Gasteiger partial charge is 0.344 e. The quantitative estimate of drug-likeness (QED) is 0.564. The number of aliphatic hydroxyl groups excluding tert-OH is 1. The molecule has 0 fully saturated rings. The van der Waals surface area contributed by atoms with Gasteiger partial charge in [0.15, 0.2) is 18.3 Å². The second kappa shape index (κ2) is 5.39. The van der Waals surface area contributed by atoms with E-state index in [1.54, 1.807) is 24.3 Å². The number of fused-ring (bicyclic) bond motifs is 4. The minimum atomic E-state index is -0.678. The number of rotatable bonds is 2. The largest absolute Gasteiger partial charge is 0.467 e. The minimum absolute atomic E-state index is 0.0105. The fourth-order valence-electron chi connectivity index (χ4n) is 3.14. The van der Waals surface area contributed by atoms with Crippen molar-refractivity contribution < 1.29 is 23.8 Å². The number of benzene rings is 2. The highest BCUT2D eigenvalue weighted by Crippen LogP contribution is 2.35. The Kier molecular flexibility index (Phi) is 3.30. The van der Waals surface area contributed by atoms with Gasteiger partial charge in [0, 0.05) is 10.9 Å². The monoisotopic (exact) mass is 336 g/mol. The van der Waals surface area contributed by atoms with Gasteiger partial charge in [-0.25, -0.2) is 4.79 Å². The van der Waals surface area contributed by atoms with Crippen LogP contribution in [0, 0.1) is 6.92 Å². The van der Waals surface area contributed by atoms with Gasteiger partial charge in [0.25, 0.3) is 0 Å². The molecule has 25 heavy (non-hydrogen) atoms. The summed E-state index contributed by atoms with van der Waals surface area (Å²) in [6, 6.07) is 9.57. The average Bonchev–Trinajstić information content (AvgIpc) is 2.60. The predicted octanol–water partition coefficient (Wildman–Crippen LogP) is 2.21. The zero-order valence-corrected chi connectivity index (χ0v) is 13.2. The summed E-state index contributed by atoms with van der Waals surface area (Å²) in [5.74, 6) is -1.28. The Morgan fingerprint density at radius 3 is 2.56 bits per heavy atom. The summed E-state index contributed by atoms with van der Waals surface area (Å²) in [4.78, 5) is 38.1. The van der Waals surface area contributed by atoms with Crippen LogP contribution < -0.4 is 10.4 Å². The summed E-state index contributed by atoms with van der Waals surface area (Å²) < 4.78 is 10.2. The number of carbonyl (C=O) groups excluding carboxylic acids is 2. The van der Waals surface area contributed by atoms with E-state index < -0.39 is 24.0 Å².